The van der Waals surface area contributed by atoms with Crippen molar-refractivity contribution < 1.29 is 22.6 Å². The first-order chi connectivity index (χ1) is 17.7. The third-order valence-corrected chi connectivity index (χ3v) is 7.36. The van der Waals surface area contributed by atoms with E-state index >= 15 is 0 Å². The summed E-state index contributed by atoms with van der Waals surface area (Å²) < 4.78 is 48.3. The molecule has 1 N–H and O–H groups in total. The molecule has 37 heavy (non-hydrogen) atoms. The van der Waals surface area contributed by atoms with Crippen LogP contribution in [0, 0.1) is 13.8 Å². The number of pyridine rings is 1. The summed E-state index contributed by atoms with van der Waals surface area (Å²) in [6.45, 7) is 7.99. The monoisotopic (exact) mass is 533 g/mol. The number of anilines is 1. The molecule has 0 saturated heterocycles. The smallest absolute Gasteiger partial charge is 0.240 e. The van der Waals surface area contributed by atoms with E-state index in [1.807, 2.05) is 26.8 Å². The van der Waals surface area contributed by atoms with Gasteiger partial charge in [-0.2, -0.15) is 0 Å². The van der Waals surface area contributed by atoms with E-state index in [1.165, 1.54) is 7.11 Å². The second kappa shape index (κ2) is 13.0. The summed E-state index contributed by atoms with van der Waals surface area (Å²) in [6.07, 6.45) is 6.27. The molecule has 3 aromatic heterocycles. The van der Waals surface area contributed by atoms with Crippen molar-refractivity contribution >= 4 is 16.0 Å². The minimum Gasteiger partial charge on any atom is -0.385 e. The minimum atomic E-state index is -4.04. The maximum atomic E-state index is 13.6. The Labute approximate surface area is 217 Å². The van der Waals surface area contributed by atoms with Crippen LogP contribution in [-0.4, -0.2) is 70.8 Å². The summed E-state index contributed by atoms with van der Waals surface area (Å²) in [6, 6.07) is 1.89. The van der Waals surface area contributed by atoms with E-state index in [2.05, 4.69) is 29.9 Å². The molecule has 0 aliphatic heterocycles. The maximum Gasteiger partial charge on any atom is 0.240 e. The summed E-state index contributed by atoms with van der Waals surface area (Å²) in [5.41, 5.74) is 2.45. The average Bonchev–Trinajstić information content (AvgIpc) is 3.28. The molecule has 12 nitrogen and oxygen atoms in total. The van der Waals surface area contributed by atoms with Crippen molar-refractivity contribution in [3.63, 3.8) is 0 Å². The summed E-state index contributed by atoms with van der Waals surface area (Å²) in [5, 5.41) is 7.41. The molecule has 3 aromatic rings. The van der Waals surface area contributed by atoms with Gasteiger partial charge in [0.25, 0.3) is 0 Å². The van der Waals surface area contributed by atoms with Gasteiger partial charge in [-0.1, -0.05) is 6.92 Å². The third-order valence-electron chi connectivity index (χ3n) is 5.66. The van der Waals surface area contributed by atoms with Crippen molar-refractivity contribution in [1.29, 1.82) is 0 Å². The summed E-state index contributed by atoms with van der Waals surface area (Å²) in [5.74, 6) is 0.704. The normalized spacial score (nSPS) is 14.3. The van der Waals surface area contributed by atoms with Gasteiger partial charge in [0.05, 0.1) is 6.61 Å². The summed E-state index contributed by atoms with van der Waals surface area (Å²) in [7, 11) is -0.931. The summed E-state index contributed by atoms with van der Waals surface area (Å²) >= 11 is 0. The Bertz CT molecular complexity index is 1250. The highest BCUT2D eigenvalue weighted by molar-refractivity contribution is 7.93. The Hall–Kier alpha value is -3.00. The lowest BCUT2D eigenvalue weighted by Gasteiger charge is -2.25. The first-order valence-corrected chi connectivity index (χ1v) is 13.6. The van der Waals surface area contributed by atoms with Gasteiger partial charge in [0.15, 0.2) is 11.6 Å². The molecular formula is C24H35N7O5S. The zero-order chi connectivity index (χ0) is 27.0. The number of rotatable bonds is 14. The molecule has 0 aromatic carbocycles. The van der Waals surface area contributed by atoms with Gasteiger partial charge >= 0.3 is 0 Å². The van der Waals surface area contributed by atoms with E-state index in [0.29, 0.717) is 43.3 Å². The van der Waals surface area contributed by atoms with E-state index in [1.54, 1.807) is 43.4 Å². The molecule has 0 amide bonds. The van der Waals surface area contributed by atoms with Gasteiger partial charge in [0, 0.05) is 57.6 Å². The molecular weight excluding hydrogens is 498 g/mol. The lowest BCUT2D eigenvalue weighted by atomic mass is 10.2. The van der Waals surface area contributed by atoms with Crippen LogP contribution in [0.2, 0.25) is 0 Å². The number of ether oxygens (including phenoxy) is 3. The number of aromatic nitrogens is 6. The molecule has 3 heterocycles. The van der Waals surface area contributed by atoms with Crippen LogP contribution in [0.3, 0.4) is 0 Å². The Kier molecular flexibility index (Phi) is 10.0. The SMILES string of the molecule is CCCO[C@@H](c1ncc(C)cn1)[C@H](C)S(=O)(=O)Nc1nnc(-c2cncc(C)c2)n1C(CCOC)OC. The van der Waals surface area contributed by atoms with Gasteiger partial charge < -0.3 is 14.2 Å². The number of nitrogens with zero attached hydrogens (tertiary/aromatic N) is 6. The molecule has 3 atom stereocenters. The average molecular weight is 534 g/mol. The maximum absolute atomic E-state index is 13.6. The number of methoxy groups -OCH3 is 2. The van der Waals surface area contributed by atoms with E-state index < -0.39 is 27.6 Å². The first kappa shape index (κ1) is 28.6. The second-order valence-corrected chi connectivity index (χ2v) is 10.7. The van der Waals surface area contributed by atoms with E-state index in [9.17, 15) is 8.42 Å². The van der Waals surface area contributed by atoms with Crippen LogP contribution in [0.4, 0.5) is 5.95 Å². The fourth-order valence-electron chi connectivity index (χ4n) is 3.68. The summed E-state index contributed by atoms with van der Waals surface area (Å²) in [4.78, 5) is 12.9. The molecule has 0 bridgehead atoms. The van der Waals surface area contributed by atoms with E-state index in [0.717, 1.165) is 11.1 Å². The standard InChI is InChI=1S/C24H35N7O5S/c1-7-9-36-21(22-26-13-17(3)14-27-22)18(4)37(32,33)30-24-29-28-23(19-11-16(2)12-25-15-19)31(24)20(35-6)8-10-34-5/h11-15,18,20-21H,7-10H2,1-6H3,(H,29,30)/t18-,20?,21+/m0/s1. The van der Waals surface area contributed by atoms with Crippen LogP contribution < -0.4 is 4.72 Å². The first-order valence-electron chi connectivity index (χ1n) is 12.0. The Balaban J connectivity index is 2.01. The number of hydrogen-bond donors (Lipinski definition) is 1. The number of sulfonamides is 1. The Morgan fingerprint density at radius 2 is 1.76 bits per heavy atom. The number of hydrogen-bond acceptors (Lipinski definition) is 10. The van der Waals surface area contributed by atoms with Crippen LogP contribution in [0.15, 0.2) is 30.9 Å². The lowest BCUT2D eigenvalue weighted by Crippen LogP contribution is -2.34. The van der Waals surface area contributed by atoms with Crippen molar-refractivity contribution in [3.05, 3.63) is 47.8 Å². The van der Waals surface area contributed by atoms with Crippen LogP contribution in [-0.2, 0) is 24.2 Å². The predicted octanol–water partition coefficient (Wildman–Crippen LogP) is 3.23. The van der Waals surface area contributed by atoms with Crippen molar-refractivity contribution in [3.8, 4) is 11.4 Å². The zero-order valence-electron chi connectivity index (χ0n) is 22.1. The molecule has 13 heteroatoms. The van der Waals surface area contributed by atoms with Crippen LogP contribution in [0.1, 0.15) is 56.0 Å². The molecule has 0 aliphatic carbocycles. The van der Waals surface area contributed by atoms with Gasteiger partial charge in [-0.05, 0) is 44.4 Å². The van der Waals surface area contributed by atoms with Crippen LogP contribution >= 0.6 is 0 Å². The quantitative estimate of drug-likeness (QED) is 0.328. The molecule has 0 aliphatic rings. The van der Waals surface area contributed by atoms with Crippen LogP contribution in [0.5, 0.6) is 0 Å². The fourth-order valence-corrected chi connectivity index (χ4v) is 4.78. The molecule has 0 spiro atoms. The minimum absolute atomic E-state index is 0.00498. The zero-order valence-corrected chi connectivity index (χ0v) is 22.9. The van der Waals surface area contributed by atoms with Gasteiger partial charge in [-0.15, -0.1) is 10.2 Å². The molecule has 0 saturated carbocycles. The highest BCUT2D eigenvalue weighted by Crippen LogP contribution is 2.30. The van der Waals surface area contributed by atoms with E-state index in [-0.39, 0.29) is 5.95 Å². The van der Waals surface area contributed by atoms with Crippen molar-refractivity contribution in [2.24, 2.45) is 0 Å². The van der Waals surface area contributed by atoms with Gasteiger partial charge in [0.1, 0.15) is 17.6 Å². The van der Waals surface area contributed by atoms with Crippen LogP contribution in [0.25, 0.3) is 11.4 Å². The molecule has 3 rings (SSSR count). The third kappa shape index (κ3) is 7.06. The van der Waals surface area contributed by atoms with Gasteiger partial charge in [-0.3, -0.25) is 14.3 Å². The van der Waals surface area contributed by atoms with Crippen molar-refractivity contribution in [2.45, 2.75) is 58.1 Å². The van der Waals surface area contributed by atoms with Crippen molar-refractivity contribution in [1.82, 2.24) is 29.7 Å². The topological polar surface area (TPSA) is 143 Å². The molecule has 0 radical (unpaired) electrons. The highest BCUT2D eigenvalue weighted by Gasteiger charge is 2.35. The van der Waals surface area contributed by atoms with E-state index in [4.69, 9.17) is 14.2 Å². The highest BCUT2D eigenvalue weighted by atomic mass is 32.2. The number of nitrogens with one attached hydrogen (secondary N) is 1. The lowest BCUT2D eigenvalue weighted by molar-refractivity contribution is 0.0189. The largest absolute Gasteiger partial charge is 0.385 e. The fraction of sp³-hybridized carbons (Fsp3) is 0.542. The number of aryl methyl sites for hydroxylation is 2. The molecule has 1 unspecified atom stereocenters. The predicted molar refractivity (Wildman–Crippen MR) is 138 cm³/mol. The molecule has 0 fully saturated rings. The Morgan fingerprint density at radius 1 is 1.03 bits per heavy atom. The molecule has 202 valence electrons. The second-order valence-electron chi connectivity index (χ2n) is 8.70. The van der Waals surface area contributed by atoms with Gasteiger partial charge in [0.2, 0.25) is 16.0 Å². The van der Waals surface area contributed by atoms with Crippen molar-refractivity contribution in [2.75, 3.05) is 32.2 Å². The van der Waals surface area contributed by atoms with Gasteiger partial charge in [-0.25, -0.2) is 18.4 Å². The Morgan fingerprint density at radius 3 is 2.38 bits per heavy atom.